The summed E-state index contributed by atoms with van der Waals surface area (Å²) in [6, 6.07) is 0. The van der Waals surface area contributed by atoms with Crippen LogP contribution >= 0.6 is 0 Å². The second-order valence-electron chi connectivity index (χ2n) is 2.96. The quantitative estimate of drug-likeness (QED) is 0.628. The van der Waals surface area contributed by atoms with Crippen LogP contribution in [-0.4, -0.2) is 33.0 Å². The van der Waals surface area contributed by atoms with Crippen LogP contribution in [0.5, 0.6) is 0 Å². The molecule has 1 unspecified atom stereocenters. The smallest absolute Gasteiger partial charge is 0.222 e. The van der Waals surface area contributed by atoms with Crippen molar-refractivity contribution in [2.45, 2.75) is 26.6 Å². The van der Waals surface area contributed by atoms with Crippen molar-refractivity contribution in [2.24, 2.45) is 5.92 Å². The average Bonchev–Trinajstić information content (AvgIpc) is 2.17. The van der Waals surface area contributed by atoms with Crippen LogP contribution < -0.4 is 5.32 Å². The second kappa shape index (κ2) is 6.86. The molecule has 0 heterocycles. The maximum absolute atomic E-state index is 11.3. The third kappa shape index (κ3) is 4.85. The van der Waals surface area contributed by atoms with Crippen molar-refractivity contribution in [1.29, 1.82) is 0 Å². The molecule has 0 rings (SSSR count). The van der Waals surface area contributed by atoms with Crippen LogP contribution in [0.15, 0.2) is 0 Å². The summed E-state index contributed by atoms with van der Waals surface area (Å²) in [6.07, 6.45) is 0.490. The minimum atomic E-state index is -0.354. The number of hydrogen-bond acceptors (Lipinski definition) is 3. The number of ether oxygens (including phenoxy) is 2. The molecule has 0 fully saturated rings. The highest BCUT2D eigenvalue weighted by molar-refractivity contribution is 5.78. The van der Waals surface area contributed by atoms with Gasteiger partial charge in [0, 0.05) is 20.1 Å². The van der Waals surface area contributed by atoms with E-state index in [0.29, 0.717) is 6.54 Å². The van der Waals surface area contributed by atoms with E-state index in [2.05, 4.69) is 5.32 Å². The first-order valence-electron chi connectivity index (χ1n) is 4.49. The molecule has 0 spiro atoms. The number of methoxy groups -OCH3 is 2. The Labute approximate surface area is 79.6 Å². The minimum Gasteiger partial charge on any atom is -0.354 e. The molecule has 1 amide bonds. The third-order valence-electron chi connectivity index (χ3n) is 2.03. The molecular formula is C9H19NO3. The van der Waals surface area contributed by atoms with E-state index in [1.807, 2.05) is 13.8 Å². The summed E-state index contributed by atoms with van der Waals surface area (Å²) in [5.41, 5.74) is 0. The Hall–Kier alpha value is -0.610. The summed E-state index contributed by atoms with van der Waals surface area (Å²) >= 11 is 0. The average molecular weight is 189 g/mol. The lowest BCUT2D eigenvalue weighted by Crippen LogP contribution is -2.36. The van der Waals surface area contributed by atoms with Gasteiger partial charge in [0.1, 0.15) is 0 Å². The van der Waals surface area contributed by atoms with Gasteiger partial charge in [0.2, 0.25) is 5.91 Å². The SMILES string of the molecule is CCC(C)C(=O)NCC(OC)OC. The van der Waals surface area contributed by atoms with Gasteiger partial charge in [-0.1, -0.05) is 13.8 Å². The molecule has 0 aromatic carbocycles. The third-order valence-corrected chi connectivity index (χ3v) is 2.03. The van der Waals surface area contributed by atoms with Crippen molar-refractivity contribution in [2.75, 3.05) is 20.8 Å². The highest BCUT2D eigenvalue weighted by atomic mass is 16.7. The lowest BCUT2D eigenvalue weighted by molar-refractivity contribution is -0.130. The van der Waals surface area contributed by atoms with Gasteiger partial charge in [-0.3, -0.25) is 4.79 Å². The molecule has 0 aromatic heterocycles. The maximum Gasteiger partial charge on any atom is 0.222 e. The lowest BCUT2D eigenvalue weighted by atomic mass is 10.1. The van der Waals surface area contributed by atoms with Crippen LogP contribution in [0.25, 0.3) is 0 Å². The van der Waals surface area contributed by atoms with E-state index in [4.69, 9.17) is 9.47 Å². The number of amides is 1. The molecule has 4 heteroatoms. The fourth-order valence-electron chi connectivity index (χ4n) is 0.806. The van der Waals surface area contributed by atoms with Gasteiger partial charge in [0.05, 0.1) is 6.54 Å². The van der Waals surface area contributed by atoms with Crippen molar-refractivity contribution in [3.8, 4) is 0 Å². The van der Waals surface area contributed by atoms with Gasteiger partial charge >= 0.3 is 0 Å². The molecule has 1 atom stereocenters. The maximum atomic E-state index is 11.3. The Morgan fingerprint density at radius 2 is 1.92 bits per heavy atom. The Kier molecular flexibility index (Phi) is 6.54. The number of nitrogens with one attached hydrogen (secondary N) is 1. The normalized spacial score (nSPS) is 13.0. The largest absolute Gasteiger partial charge is 0.354 e. The highest BCUT2D eigenvalue weighted by Gasteiger charge is 2.12. The van der Waals surface area contributed by atoms with E-state index in [0.717, 1.165) is 6.42 Å². The Morgan fingerprint density at radius 3 is 2.31 bits per heavy atom. The summed E-state index contributed by atoms with van der Waals surface area (Å²) in [7, 11) is 3.09. The van der Waals surface area contributed by atoms with E-state index < -0.39 is 0 Å². The molecule has 4 nitrogen and oxygen atoms in total. The summed E-state index contributed by atoms with van der Waals surface area (Å²) < 4.78 is 9.85. The van der Waals surface area contributed by atoms with Crippen molar-refractivity contribution < 1.29 is 14.3 Å². The van der Waals surface area contributed by atoms with Crippen molar-refractivity contribution in [1.82, 2.24) is 5.32 Å². The first-order chi connectivity index (χ1) is 6.15. The number of rotatable bonds is 6. The van der Waals surface area contributed by atoms with Crippen LogP contribution in [0.3, 0.4) is 0 Å². The Balaban J connectivity index is 3.68. The van der Waals surface area contributed by atoms with Gasteiger partial charge in [-0.2, -0.15) is 0 Å². The van der Waals surface area contributed by atoms with E-state index in [1.165, 1.54) is 0 Å². The van der Waals surface area contributed by atoms with Crippen LogP contribution in [0, 0.1) is 5.92 Å². The predicted octanol–water partition coefficient (Wildman–Crippen LogP) is 0.768. The standard InChI is InChI=1S/C9H19NO3/c1-5-7(2)9(11)10-6-8(12-3)13-4/h7-8H,5-6H2,1-4H3,(H,10,11). The molecule has 13 heavy (non-hydrogen) atoms. The molecule has 0 radical (unpaired) electrons. The topological polar surface area (TPSA) is 47.6 Å². The zero-order valence-corrected chi connectivity index (χ0v) is 8.79. The molecular weight excluding hydrogens is 170 g/mol. The summed E-state index contributed by atoms with van der Waals surface area (Å²) in [4.78, 5) is 11.3. The van der Waals surface area contributed by atoms with E-state index in [-0.39, 0.29) is 18.1 Å². The molecule has 0 aliphatic carbocycles. The Morgan fingerprint density at radius 1 is 1.38 bits per heavy atom. The van der Waals surface area contributed by atoms with Crippen molar-refractivity contribution in [3.05, 3.63) is 0 Å². The predicted molar refractivity (Wildman–Crippen MR) is 50.3 cm³/mol. The molecule has 0 bridgehead atoms. The number of carbonyl (C=O) groups excluding carboxylic acids is 1. The van der Waals surface area contributed by atoms with Gasteiger partial charge < -0.3 is 14.8 Å². The van der Waals surface area contributed by atoms with E-state index >= 15 is 0 Å². The summed E-state index contributed by atoms with van der Waals surface area (Å²) in [5, 5.41) is 2.75. The molecule has 0 aliphatic heterocycles. The van der Waals surface area contributed by atoms with Crippen molar-refractivity contribution >= 4 is 5.91 Å². The minimum absolute atomic E-state index is 0.0431. The van der Waals surface area contributed by atoms with Gasteiger partial charge in [-0.25, -0.2) is 0 Å². The van der Waals surface area contributed by atoms with Crippen LogP contribution in [-0.2, 0) is 14.3 Å². The molecule has 0 aromatic rings. The van der Waals surface area contributed by atoms with E-state index in [9.17, 15) is 4.79 Å². The van der Waals surface area contributed by atoms with Gasteiger partial charge in [0.15, 0.2) is 6.29 Å². The van der Waals surface area contributed by atoms with Crippen LogP contribution in [0.4, 0.5) is 0 Å². The lowest BCUT2D eigenvalue weighted by Gasteiger charge is -2.15. The number of hydrogen-bond donors (Lipinski definition) is 1. The first kappa shape index (κ1) is 12.4. The monoisotopic (exact) mass is 189 g/mol. The fourth-order valence-corrected chi connectivity index (χ4v) is 0.806. The van der Waals surface area contributed by atoms with Gasteiger partial charge in [-0.05, 0) is 6.42 Å². The summed E-state index contributed by atoms with van der Waals surface area (Å²) in [5.74, 6) is 0.0935. The number of carbonyl (C=O) groups is 1. The first-order valence-corrected chi connectivity index (χ1v) is 4.49. The van der Waals surface area contributed by atoms with Crippen LogP contribution in [0.1, 0.15) is 20.3 Å². The van der Waals surface area contributed by atoms with Gasteiger partial charge in [-0.15, -0.1) is 0 Å². The summed E-state index contributed by atoms with van der Waals surface area (Å²) in [6.45, 7) is 4.27. The van der Waals surface area contributed by atoms with Gasteiger partial charge in [0.25, 0.3) is 0 Å². The van der Waals surface area contributed by atoms with E-state index in [1.54, 1.807) is 14.2 Å². The molecule has 0 saturated heterocycles. The fraction of sp³-hybridized carbons (Fsp3) is 0.889. The molecule has 0 saturated carbocycles. The zero-order chi connectivity index (χ0) is 10.3. The second-order valence-corrected chi connectivity index (χ2v) is 2.96. The molecule has 78 valence electrons. The highest BCUT2D eigenvalue weighted by Crippen LogP contribution is 1.99. The molecule has 1 N–H and O–H groups in total. The molecule has 0 aliphatic rings. The van der Waals surface area contributed by atoms with Crippen molar-refractivity contribution in [3.63, 3.8) is 0 Å². The Bertz CT molecular complexity index is 146. The van der Waals surface area contributed by atoms with Crippen LogP contribution in [0.2, 0.25) is 0 Å². The zero-order valence-electron chi connectivity index (χ0n) is 8.79.